The van der Waals surface area contributed by atoms with Crippen LogP contribution >= 0.6 is 11.3 Å². The highest BCUT2D eigenvalue weighted by atomic mass is 32.1. The maximum Gasteiger partial charge on any atom is 0.325 e. The number of hydrogen-bond donors (Lipinski definition) is 2. The molecule has 8 heteroatoms. The Balaban J connectivity index is 1.47. The molecule has 0 aromatic carbocycles. The van der Waals surface area contributed by atoms with Gasteiger partial charge in [-0.15, -0.1) is 11.3 Å². The van der Waals surface area contributed by atoms with E-state index in [4.69, 9.17) is 0 Å². The van der Waals surface area contributed by atoms with E-state index in [0.717, 1.165) is 55.4 Å². The first-order chi connectivity index (χ1) is 15.2. The van der Waals surface area contributed by atoms with Crippen LogP contribution in [0.15, 0.2) is 0 Å². The fourth-order valence-corrected chi connectivity index (χ4v) is 6.67. The van der Waals surface area contributed by atoms with Crippen molar-refractivity contribution in [3.05, 3.63) is 16.0 Å². The maximum atomic E-state index is 12.9. The molecule has 1 saturated carbocycles. The van der Waals surface area contributed by atoms with E-state index in [1.165, 1.54) is 16.2 Å². The van der Waals surface area contributed by atoms with Crippen molar-refractivity contribution in [3.8, 4) is 6.07 Å². The third kappa shape index (κ3) is 3.92. The number of urea groups is 1. The monoisotopic (exact) mass is 456 g/mol. The van der Waals surface area contributed by atoms with Crippen LogP contribution in [0, 0.1) is 22.7 Å². The summed E-state index contributed by atoms with van der Waals surface area (Å²) in [6, 6.07) is 1.77. The van der Waals surface area contributed by atoms with Gasteiger partial charge in [0.2, 0.25) is 5.91 Å². The van der Waals surface area contributed by atoms with E-state index in [-0.39, 0.29) is 17.9 Å². The molecule has 32 heavy (non-hydrogen) atoms. The largest absolute Gasteiger partial charge is 0.325 e. The van der Waals surface area contributed by atoms with Gasteiger partial charge < -0.3 is 10.6 Å². The number of anilines is 1. The molecule has 172 valence electrons. The predicted molar refractivity (Wildman–Crippen MR) is 123 cm³/mol. The van der Waals surface area contributed by atoms with Gasteiger partial charge >= 0.3 is 6.03 Å². The molecule has 1 spiro atoms. The van der Waals surface area contributed by atoms with E-state index in [2.05, 4.69) is 37.5 Å². The summed E-state index contributed by atoms with van der Waals surface area (Å²) in [5, 5.41) is 16.0. The Hall–Kier alpha value is -2.40. The van der Waals surface area contributed by atoms with Gasteiger partial charge in [-0.3, -0.25) is 14.5 Å². The van der Waals surface area contributed by atoms with Crippen LogP contribution in [0.1, 0.15) is 81.7 Å². The van der Waals surface area contributed by atoms with Crippen molar-refractivity contribution in [2.75, 3.05) is 11.9 Å². The molecule has 0 radical (unpaired) electrons. The SMILES string of the molecule is CCC(C)(C)C1CCc2c(sc(NC(=O)CN3C(=O)NC4(CCCCC4)C3=O)c2C#N)C1. The van der Waals surface area contributed by atoms with E-state index < -0.39 is 17.5 Å². The molecule has 1 aliphatic heterocycles. The molecular weight excluding hydrogens is 424 g/mol. The minimum atomic E-state index is -0.837. The first kappa shape index (κ1) is 22.8. The zero-order valence-corrected chi connectivity index (χ0v) is 20.0. The number of fused-ring (bicyclic) bond motifs is 1. The highest BCUT2D eigenvalue weighted by Gasteiger charge is 2.51. The predicted octanol–water partition coefficient (Wildman–Crippen LogP) is 4.35. The van der Waals surface area contributed by atoms with Gasteiger partial charge in [-0.1, -0.05) is 46.5 Å². The third-order valence-electron chi connectivity index (χ3n) is 7.90. The Morgan fingerprint density at radius 2 is 2.03 bits per heavy atom. The van der Waals surface area contributed by atoms with Crippen LogP contribution in [0.4, 0.5) is 9.80 Å². The van der Waals surface area contributed by atoms with Crippen molar-refractivity contribution in [3.63, 3.8) is 0 Å². The summed E-state index contributed by atoms with van der Waals surface area (Å²) in [7, 11) is 0. The number of hydrogen-bond acceptors (Lipinski definition) is 5. The Morgan fingerprint density at radius 1 is 1.31 bits per heavy atom. The second kappa shape index (κ2) is 8.51. The summed E-state index contributed by atoms with van der Waals surface area (Å²) in [5.74, 6) is -0.193. The van der Waals surface area contributed by atoms with E-state index >= 15 is 0 Å². The van der Waals surface area contributed by atoms with Crippen molar-refractivity contribution in [1.29, 1.82) is 5.26 Å². The number of amides is 4. The van der Waals surface area contributed by atoms with Gasteiger partial charge in [-0.05, 0) is 49.0 Å². The van der Waals surface area contributed by atoms with Gasteiger partial charge in [-0.25, -0.2) is 4.79 Å². The fourth-order valence-electron chi connectivity index (χ4n) is 5.37. The van der Waals surface area contributed by atoms with Crippen molar-refractivity contribution in [2.45, 2.75) is 84.1 Å². The van der Waals surface area contributed by atoms with Gasteiger partial charge in [0.1, 0.15) is 23.2 Å². The van der Waals surface area contributed by atoms with Crippen molar-refractivity contribution in [2.24, 2.45) is 11.3 Å². The number of thiophene rings is 1. The smallest absolute Gasteiger partial charge is 0.323 e. The number of rotatable bonds is 5. The summed E-state index contributed by atoms with van der Waals surface area (Å²) >= 11 is 1.47. The number of imide groups is 1. The van der Waals surface area contributed by atoms with Crippen LogP contribution in [-0.2, 0) is 22.4 Å². The number of nitrogens with zero attached hydrogens (tertiary/aromatic N) is 2. The van der Waals surface area contributed by atoms with Gasteiger partial charge in [0.15, 0.2) is 0 Å². The van der Waals surface area contributed by atoms with Crippen molar-refractivity contribution in [1.82, 2.24) is 10.2 Å². The molecular formula is C24H32N4O3S. The third-order valence-corrected chi connectivity index (χ3v) is 9.07. The molecule has 4 amide bonds. The van der Waals surface area contributed by atoms with Crippen molar-refractivity contribution < 1.29 is 14.4 Å². The molecule has 1 aromatic rings. The minimum Gasteiger partial charge on any atom is -0.323 e. The lowest BCUT2D eigenvalue weighted by Crippen LogP contribution is -2.48. The standard InChI is InChI=1S/C24H32N4O3S/c1-4-23(2,3)15-8-9-16-17(13-25)20(32-18(16)12-15)26-19(29)14-28-21(30)24(27-22(28)31)10-6-5-7-11-24/h15H,4-12,14H2,1-3H3,(H,26,29)(H,27,31). The van der Waals surface area contributed by atoms with E-state index in [1.807, 2.05) is 0 Å². The molecule has 1 atom stereocenters. The van der Waals surface area contributed by atoms with Crippen LogP contribution in [0.5, 0.6) is 0 Å². The lowest BCUT2D eigenvalue weighted by Gasteiger charge is -2.36. The molecule has 1 unspecified atom stereocenters. The number of nitriles is 1. The summed E-state index contributed by atoms with van der Waals surface area (Å²) < 4.78 is 0. The molecule has 2 N–H and O–H groups in total. The van der Waals surface area contributed by atoms with Crippen LogP contribution in [0.25, 0.3) is 0 Å². The molecule has 2 heterocycles. The van der Waals surface area contributed by atoms with Gasteiger partial charge in [0.05, 0.1) is 5.56 Å². The summed E-state index contributed by atoms with van der Waals surface area (Å²) in [5.41, 5.74) is 0.978. The number of carbonyl (C=O) groups excluding carboxylic acids is 3. The lowest BCUT2D eigenvalue weighted by molar-refractivity contribution is -0.134. The maximum absolute atomic E-state index is 12.9. The molecule has 0 bridgehead atoms. The number of nitrogens with one attached hydrogen (secondary N) is 2. The van der Waals surface area contributed by atoms with Crippen molar-refractivity contribution >= 4 is 34.2 Å². The van der Waals surface area contributed by atoms with E-state index in [9.17, 15) is 19.6 Å². The highest BCUT2D eigenvalue weighted by Crippen LogP contribution is 2.45. The Kier molecular flexibility index (Phi) is 6.06. The van der Waals surface area contributed by atoms with Crippen LogP contribution in [-0.4, -0.2) is 34.8 Å². The fraction of sp³-hybridized carbons (Fsp3) is 0.667. The molecule has 4 rings (SSSR count). The van der Waals surface area contributed by atoms with Gasteiger partial charge in [-0.2, -0.15) is 5.26 Å². The number of carbonyl (C=O) groups is 3. The van der Waals surface area contributed by atoms with Crippen LogP contribution < -0.4 is 10.6 Å². The molecule has 1 saturated heterocycles. The average Bonchev–Trinajstić information content (AvgIpc) is 3.23. The molecule has 2 aliphatic carbocycles. The molecule has 1 aromatic heterocycles. The second-order valence-electron chi connectivity index (χ2n) is 10.1. The molecule has 7 nitrogen and oxygen atoms in total. The Labute approximate surface area is 193 Å². The van der Waals surface area contributed by atoms with Gasteiger partial charge in [0, 0.05) is 4.88 Å². The summed E-state index contributed by atoms with van der Waals surface area (Å²) in [6.07, 6.45) is 8.00. The Morgan fingerprint density at radius 3 is 2.69 bits per heavy atom. The topological polar surface area (TPSA) is 102 Å². The Bertz CT molecular complexity index is 984. The van der Waals surface area contributed by atoms with E-state index in [1.54, 1.807) is 0 Å². The average molecular weight is 457 g/mol. The van der Waals surface area contributed by atoms with Gasteiger partial charge in [0.25, 0.3) is 5.91 Å². The normalized spacial score (nSPS) is 22.4. The highest BCUT2D eigenvalue weighted by molar-refractivity contribution is 7.16. The quantitative estimate of drug-likeness (QED) is 0.643. The molecule has 2 fully saturated rings. The lowest BCUT2D eigenvalue weighted by atomic mass is 9.69. The summed E-state index contributed by atoms with van der Waals surface area (Å²) in [4.78, 5) is 40.4. The second-order valence-corrected chi connectivity index (χ2v) is 11.2. The first-order valence-electron chi connectivity index (χ1n) is 11.7. The minimum absolute atomic E-state index is 0.233. The zero-order valence-electron chi connectivity index (χ0n) is 19.2. The van der Waals surface area contributed by atoms with E-state index in [0.29, 0.717) is 29.3 Å². The van der Waals surface area contributed by atoms with Crippen LogP contribution in [0.3, 0.4) is 0 Å². The first-order valence-corrected chi connectivity index (χ1v) is 12.5. The zero-order chi connectivity index (χ0) is 23.1. The van der Waals surface area contributed by atoms with Crippen LogP contribution in [0.2, 0.25) is 0 Å². The summed E-state index contributed by atoms with van der Waals surface area (Å²) in [6.45, 7) is 6.47. The molecule has 3 aliphatic rings.